The van der Waals surface area contributed by atoms with Gasteiger partial charge in [-0.1, -0.05) is 30.3 Å². The fraction of sp³-hybridized carbons (Fsp3) is 0.250. The smallest absolute Gasteiger partial charge is 0.260 e. The summed E-state index contributed by atoms with van der Waals surface area (Å²) in [6.45, 7) is 4.85. The molecule has 1 atom stereocenters. The first-order valence-corrected chi connectivity index (χ1v) is 11.8. The summed E-state index contributed by atoms with van der Waals surface area (Å²) in [5.74, 6) is 0.187. The van der Waals surface area contributed by atoms with Gasteiger partial charge >= 0.3 is 0 Å². The Morgan fingerprint density at radius 2 is 1.74 bits per heavy atom. The van der Waals surface area contributed by atoms with Gasteiger partial charge in [0.1, 0.15) is 17.3 Å². The molecular formula is C28H28FN3O3. The maximum Gasteiger partial charge on any atom is 0.260 e. The van der Waals surface area contributed by atoms with Crippen LogP contribution in [0.25, 0.3) is 0 Å². The van der Waals surface area contributed by atoms with E-state index < -0.39 is 6.04 Å². The highest BCUT2D eigenvalue weighted by Gasteiger charge is 2.32. The number of aryl methyl sites for hydroxylation is 1. The van der Waals surface area contributed by atoms with Crippen molar-refractivity contribution in [2.45, 2.75) is 19.5 Å². The Morgan fingerprint density at radius 1 is 0.971 bits per heavy atom. The minimum atomic E-state index is -0.584. The van der Waals surface area contributed by atoms with E-state index in [1.54, 1.807) is 36.0 Å². The lowest BCUT2D eigenvalue weighted by Gasteiger charge is -2.40. The van der Waals surface area contributed by atoms with Gasteiger partial charge in [-0.3, -0.25) is 9.69 Å². The first kappa shape index (κ1) is 22.9. The van der Waals surface area contributed by atoms with Gasteiger partial charge < -0.3 is 19.0 Å². The minimum Gasteiger partial charge on any atom is -0.507 e. The van der Waals surface area contributed by atoms with Crippen LogP contribution in [0.2, 0.25) is 0 Å². The summed E-state index contributed by atoms with van der Waals surface area (Å²) < 4.78 is 21.4. The van der Waals surface area contributed by atoms with Crippen LogP contribution in [0.3, 0.4) is 0 Å². The van der Waals surface area contributed by atoms with E-state index in [4.69, 9.17) is 4.42 Å². The van der Waals surface area contributed by atoms with E-state index in [2.05, 4.69) is 21.9 Å². The maximum atomic E-state index is 14.3. The van der Waals surface area contributed by atoms with Crippen molar-refractivity contribution in [2.75, 3.05) is 31.1 Å². The summed E-state index contributed by atoms with van der Waals surface area (Å²) >= 11 is 0. The largest absolute Gasteiger partial charge is 0.507 e. The van der Waals surface area contributed by atoms with Gasteiger partial charge in [0.15, 0.2) is 0 Å². The lowest BCUT2D eigenvalue weighted by molar-refractivity contribution is 0.207. The van der Waals surface area contributed by atoms with Crippen LogP contribution in [0, 0.1) is 12.7 Å². The zero-order valence-electron chi connectivity index (χ0n) is 19.6. The van der Waals surface area contributed by atoms with Crippen molar-refractivity contribution in [3.8, 4) is 5.75 Å². The second kappa shape index (κ2) is 9.80. The van der Waals surface area contributed by atoms with Crippen molar-refractivity contribution in [1.82, 2.24) is 9.47 Å². The average Bonchev–Trinajstić information content (AvgIpc) is 3.38. The molecule has 2 aromatic heterocycles. The Labute approximate surface area is 203 Å². The van der Waals surface area contributed by atoms with Gasteiger partial charge in [-0.15, -0.1) is 0 Å². The number of aromatic nitrogens is 1. The van der Waals surface area contributed by atoms with Crippen molar-refractivity contribution in [3.63, 3.8) is 0 Å². The summed E-state index contributed by atoms with van der Waals surface area (Å²) in [6, 6.07) is 21.1. The lowest BCUT2D eigenvalue weighted by atomic mass is 9.95. The first-order chi connectivity index (χ1) is 17.0. The van der Waals surface area contributed by atoms with Crippen LogP contribution in [0.5, 0.6) is 5.75 Å². The van der Waals surface area contributed by atoms with Crippen LogP contribution in [0.1, 0.15) is 28.6 Å². The number of anilines is 1. The number of rotatable bonds is 6. The number of pyridine rings is 1. The molecule has 0 bridgehead atoms. The van der Waals surface area contributed by atoms with Crippen molar-refractivity contribution in [1.29, 1.82) is 0 Å². The fourth-order valence-electron chi connectivity index (χ4n) is 4.89. The number of furan rings is 1. The molecule has 35 heavy (non-hydrogen) atoms. The average molecular weight is 474 g/mol. The van der Waals surface area contributed by atoms with Gasteiger partial charge in [0.25, 0.3) is 5.56 Å². The minimum absolute atomic E-state index is 0.0806. The third kappa shape index (κ3) is 4.72. The molecule has 3 heterocycles. The van der Waals surface area contributed by atoms with Crippen LogP contribution in [0.15, 0.2) is 88.3 Å². The zero-order valence-corrected chi connectivity index (χ0v) is 19.6. The van der Waals surface area contributed by atoms with E-state index in [0.717, 1.165) is 18.8 Å². The molecule has 4 aromatic rings. The molecule has 7 heteroatoms. The van der Waals surface area contributed by atoms with Crippen molar-refractivity contribution in [3.05, 3.63) is 118 Å². The molecule has 0 spiro atoms. The summed E-state index contributed by atoms with van der Waals surface area (Å²) in [6.07, 6.45) is 1.57. The fourth-order valence-corrected chi connectivity index (χ4v) is 4.89. The van der Waals surface area contributed by atoms with Crippen LogP contribution >= 0.6 is 0 Å². The molecule has 1 fully saturated rings. The molecule has 0 radical (unpaired) electrons. The highest BCUT2D eigenvalue weighted by atomic mass is 19.1. The molecule has 5 rings (SSSR count). The second-order valence-corrected chi connectivity index (χ2v) is 8.87. The SMILES string of the molecule is Cc1cc(O)c([C@@H](c2cccc(F)c2)N2CCN(c3ccccc3)CC2)c(=O)n1Cc1ccco1. The molecule has 2 aromatic carbocycles. The number of piperazine rings is 1. The molecule has 1 aliphatic heterocycles. The van der Waals surface area contributed by atoms with Crippen LogP contribution in [-0.4, -0.2) is 40.8 Å². The summed E-state index contributed by atoms with van der Waals surface area (Å²) in [5.41, 5.74) is 2.35. The van der Waals surface area contributed by atoms with Gasteiger partial charge in [-0.05, 0) is 55.0 Å². The van der Waals surface area contributed by atoms with E-state index >= 15 is 0 Å². The summed E-state index contributed by atoms with van der Waals surface area (Å²) in [7, 11) is 0. The lowest BCUT2D eigenvalue weighted by Crippen LogP contribution is -2.49. The zero-order chi connectivity index (χ0) is 24.4. The molecule has 0 unspecified atom stereocenters. The predicted octanol–water partition coefficient (Wildman–Crippen LogP) is 4.55. The van der Waals surface area contributed by atoms with E-state index in [-0.39, 0.29) is 29.2 Å². The molecule has 0 amide bonds. The highest BCUT2D eigenvalue weighted by Crippen LogP contribution is 2.34. The molecule has 180 valence electrons. The molecule has 1 aliphatic rings. The normalized spacial score (nSPS) is 15.3. The van der Waals surface area contributed by atoms with Crippen molar-refractivity contribution < 1.29 is 13.9 Å². The molecule has 1 saturated heterocycles. The van der Waals surface area contributed by atoms with E-state index in [9.17, 15) is 14.3 Å². The summed E-state index contributed by atoms with van der Waals surface area (Å²) in [5, 5.41) is 11.0. The first-order valence-electron chi connectivity index (χ1n) is 11.8. The number of nitrogens with zero attached hydrogens (tertiary/aromatic N) is 3. The maximum absolute atomic E-state index is 14.3. The molecule has 0 aliphatic carbocycles. The summed E-state index contributed by atoms with van der Waals surface area (Å²) in [4.78, 5) is 18.2. The van der Waals surface area contributed by atoms with Gasteiger partial charge in [-0.25, -0.2) is 4.39 Å². The van der Waals surface area contributed by atoms with Gasteiger partial charge in [0, 0.05) is 37.6 Å². The van der Waals surface area contributed by atoms with Crippen LogP contribution in [-0.2, 0) is 6.54 Å². The van der Waals surface area contributed by atoms with E-state index in [1.165, 1.54) is 12.1 Å². The quantitative estimate of drug-likeness (QED) is 0.445. The van der Waals surface area contributed by atoms with Crippen LogP contribution < -0.4 is 10.5 Å². The van der Waals surface area contributed by atoms with Gasteiger partial charge in [0.05, 0.1) is 24.4 Å². The Hall–Kier alpha value is -3.84. The number of para-hydroxylation sites is 1. The van der Waals surface area contributed by atoms with E-state index in [1.807, 2.05) is 30.3 Å². The Bertz CT molecular complexity index is 1340. The van der Waals surface area contributed by atoms with Crippen molar-refractivity contribution in [2.24, 2.45) is 0 Å². The molecular weight excluding hydrogens is 445 g/mol. The molecule has 1 N–H and O–H groups in total. The van der Waals surface area contributed by atoms with Gasteiger partial charge in [-0.2, -0.15) is 0 Å². The Kier molecular flexibility index (Phi) is 6.42. The topological polar surface area (TPSA) is 61.9 Å². The van der Waals surface area contributed by atoms with Crippen LogP contribution in [0.4, 0.5) is 10.1 Å². The Morgan fingerprint density at radius 3 is 2.43 bits per heavy atom. The number of aromatic hydroxyl groups is 1. The van der Waals surface area contributed by atoms with Crippen molar-refractivity contribution >= 4 is 5.69 Å². The Balaban J connectivity index is 1.54. The predicted molar refractivity (Wildman–Crippen MR) is 133 cm³/mol. The highest BCUT2D eigenvalue weighted by molar-refractivity contribution is 5.47. The molecule has 0 saturated carbocycles. The third-order valence-electron chi connectivity index (χ3n) is 6.66. The number of benzene rings is 2. The second-order valence-electron chi connectivity index (χ2n) is 8.87. The molecule has 6 nitrogen and oxygen atoms in total. The van der Waals surface area contributed by atoms with E-state index in [0.29, 0.717) is 30.1 Å². The number of hydrogen-bond acceptors (Lipinski definition) is 5. The number of halogens is 1. The van der Waals surface area contributed by atoms with Gasteiger partial charge in [0.2, 0.25) is 0 Å². The number of hydrogen-bond donors (Lipinski definition) is 1. The standard InChI is InChI=1S/C28H28FN3O3/c1-20-17-25(33)26(28(34)32(20)19-24-11-6-16-35-24)27(21-7-5-8-22(29)18-21)31-14-12-30(13-15-31)23-9-3-2-4-10-23/h2-11,16-18,27,33H,12-15,19H2,1H3/t27-/m1/s1. The third-order valence-corrected chi connectivity index (χ3v) is 6.66. The monoisotopic (exact) mass is 473 g/mol.